The van der Waals surface area contributed by atoms with Gasteiger partial charge in [0, 0.05) is 0 Å². The van der Waals surface area contributed by atoms with Gasteiger partial charge in [-0.05, 0) is 19.9 Å². The number of hydrogen-bond donors (Lipinski definition) is 10. The molecule has 0 aromatic carbocycles. The zero-order chi connectivity index (χ0) is 30.4. The summed E-state index contributed by atoms with van der Waals surface area (Å²) in [5, 5.41) is 93.4. The molecule has 0 amide bonds. The third-order valence-electron chi connectivity index (χ3n) is 7.32. The van der Waals surface area contributed by atoms with Gasteiger partial charge in [0.2, 0.25) is 0 Å². The van der Waals surface area contributed by atoms with Crippen molar-refractivity contribution in [3.63, 3.8) is 0 Å². The van der Waals surface area contributed by atoms with Crippen molar-refractivity contribution in [2.75, 3.05) is 32.6 Å². The van der Waals surface area contributed by atoms with Crippen LogP contribution in [0.15, 0.2) is 0 Å². The average molecular weight is 617 g/mol. The summed E-state index contributed by atoms with van der Waals surface area (Å²) >= 11 is 1.16. The lowest BCUT2D eigenvalue weighted by Crippen LogP contribution is -2.68. The zero-order valence-corrected chi connectivity index (χ0v) is 23.9. The monoisotopic (exact) mass is 616 g/mol. The Morgan fingerprint density at radius 1 is 0.805 bits per heavy atom. The molecule has 9 unspecified atom stereocenters. The van der Waals surface area contributed by atoms with Crippen molar-refractivity contribution in [2.45, 2.75) is 111 Å². The number of aliphatic hydroxyl groups is 8. The van der Waals surface area contributed by atoms with Gasteiger partial charge in [0.05, 0.1) is 38.2 Å². The van der Waals surface area contributed by atoms with Crippen LogP contribution in [0.25, 0.3) is 0 Å². The summed E-state index contributed by atoms with van der Waals surface area (Å²) in [6.45, 7) is 2.54. The highest BCUT2D eigenvalue weighted by molar-refractivity contribution is 8.00. The molecule has 0 aliphatic carbocycles. The van der Waals surface area contributed by atoms with Gasteiger partial charge in [-0.1, -0.05) is 6.92 Å². The van der Waals surface area contributed by atoms with Gasteiger partial charge in [0.15, 0.2) is 18.5 Å². The predicted octanol–water partition coefficient (Wildman–Crippen LogP) is -4.17. The molecule has 0 bridgehead atoms. The molecular weight excluding hydrogens is 572 g/mol. The number of methoxy groups -OCH3 is 1. The molecule has 3 saturated heterocycles. The summed E-state index contributed by atoms with van der Waals surface area (Å²) in [5.41, 5.74) is -0.785. The predicted molar refractivity (Wildman–Crippen MR) is 141 cm³/mol. The summed E-state index contributed by atoms with van der Waals surface area (Å²) in [4.78, 5) is 0. The average Bonchev–Trinajstić information content (AvgIpc) is 2.97. The van der Waals surface area contributed by atoms with Crippen LogP contribution in [0.1, 0.15) is 20.3 Å². The van der Waals surface area contributed by atoms with E-state index in [0.717, 1.165) is 11.8 Å². The molecule has 3 fully saturated rings. The fourth-order valence-electron chi connectivity index (χ4n) is 4.88. The van der Waals surface area contributed by atoms with Gasteiger partial charge in [-0.25, -0.2) is 0 Å². The molecule has 0 saturated carbocycles. The van der Waals surface area contributed by atoms with Gasteiger partial charge in [-0.15, -0.1) is 11.8 Å². The summed E-state index contributed by atoms with van der Waals surface area (Å²) in [6.07, 6.45) is -18.0. The van der Waals surface area contributed by atoms with Crippen molar-refractivity contribution in [2.24, 2.45) is 0 Å². The van der Waals surface area contributed by atoms with Gasteiger partial charge >= 0.3 is 0 Å². The number of rotatable bonds is 12. The van der Waals surface area contributed by atoms with Crippen LogP contribution in [0.4, 0.5) is 0 Å². The lowest BCUT2D eigenvalue weighted by atomic mass is 9.95. The fourth-order valence-corrected chi connectivity index (χ4v) is 5.99. The molecule has 0 radical (unpaired) electrons. The van der Waals surface area contributed by atoms with Crippen LogP contribution in [-0.4, -0.2) is 171 Å². The number of ether oxygens (including phenoxy) is 6. The van der Waals surface area contributed by atoms with Gasteiger partial charge < -0.3 is 74.6 Å². The molecule has 10 N–H and O–H groups in total. The molecule has 16 nitrogen and oxygen atoms in total. The maximum atomic E-state index is 10.7. The molecule has 3 aliphatic heterocycles. The molecular formula is C24H44N2O14S. The lowest BCUT2D eigenvalue weighted by molar-refractivity contribution is -0.357. The van der Waals surface area contributed by atoms with Crippen molar-refractivity contribution in [1.82, 2.24) is 5.32 Å². The maximum Gasteiger partial charge on any atom is 0.190 e. The zero-order valence-electron chi connectivity index (χ0n) is 23.1. The second-order valence-corrected chi connectivity index (χ2v) is 11.3. The van der Waals surface area contributed by atoms with E-state index in [1.54, 1.807) is 0 Å². The van der Waals surface area contributed by atoms with E-state index in [4.69, 9.17) is 33.8 Å². The molecule has 0 aromatic rings. The molecule has 17 heteroatoms. The topological polar surface area (TPSA) is 253 Å². The van der Waals surface area contributed by atoms with Crippen LogP contribution in [0.2, 0.25) is 0 Å². The molecule has 240 valence electrons. The van der Waals surface area contributed by atoms with Gasteiger partial charge in [0.25, 0.3) is 0 Å². The van der Waals surface area contributed by atoms with Crippen molar-refractivity contribution < 1.29 is 69.3 Å². The Bertz CT molecular complexity index is 816. The first-order chi connectivity index (χ1) is 19.5. The molecule has 0 spiro atoms. The molecule has 3 heterocycles. The van der Waals surface area contributed by atoms with E-state index in [0.29, 0.717) is 13.0 Å². The Kier molecular flexibility index (Phi) is 13.4. The normalized spacial score (nSPS) is 45.4. The van der Waals surface area contributed by atoms with E-state index in [2.05, 4.69) is 5.32 Å². The minimum Gasteiger partial charge on any atom is -0.484 e. The smallest absolute Gasteiger partial charge is 0.190 e. The van der Waals surface area contributed by atoms with Crippen LogP contribution < -0.4 is 5.32 Å². The highest BCUT2D eigenvalue weighted by Crippen LogP contribution is 2.36. The van der Waals surface area contributed by atoms with Crippen molar-refractivity contribution in [1.29, 1.82) is 5.41 Å². The first-order valence-corrected chi connectivity index (χ1v) is 14.6. The quantitative estimate of drug-likeness (QED) is 0.0737. The highest BCUT2D eigenvalue weighted by atomic mass is 32.2. The van der Waals surface area contributed by atoms with Crippen molar-refractivity contribution in [3.05, 3.63) is 0 Å². The van der Waals surface area contributed by atoms with E-state index >= 15 is 0 Å². The molecule has 0 aromatic heterocycles. The Morgan fingerprint density at radius 3 is 1.98 bits per heavy atom. The van der Waals surface area contributed by atoms with Crippen LogP contribution >= 0.6 is 11.8 Å². The second kappa shape index (κ2) is 15.8. The first-order valence-electron chi connectivity index (χ1n) is 13.5. The number of thioether (sulfide) groups is 1. The fraction of sp³-hybridized carbons (Fsp3) is 0.958. The van der Waals surface area contributed by atoms with E-state index in [-0.39, 0.29) is 11.7 Å². The largest absolute Gasteiger partial charge is 0.484 e. The first kappa shape index (κ1) is 34.7. The SMILES string of the molecule is CCCNC1C(O[C@@H]2OC(CO)[C@H](O)C(O)C2O)[C@H](O[C@@H]2OC(C)[C@@H](O)C(O)C2O)C(CO)O[C@H]1SCC(=N)OC. The Labute approximate surface area is 242 Å². The summed E-state index contributed by atoms with van der Waals surface area (Å²) in [7, 11) is 1.35. The van der Waals surface area contributed by atoms with Crippen LogP contribution in [0.5, 0.6) is 0 Å². The Balaban J connectivity index is 1.97. The third-order valence-corrected chi connectivity index (χ3v) is 8.48. The Morgan fingerprint density at radius 2 is 1.39 bits per heavy atom. The minimum absolute atomic E-state index is 0.0431. The maximum absolute atomic E-state index is 10.7. The highest BCUT2D eigenvalue weighted by Gasteiger charge is 2.54. The van der Waals surface area contributed by atoms with Crippen LogP contribution in [0, 0.1) is 5.41 Å². The van der Waals surface area contributed by atoms with Gasteiger partial charge in [0.1, 0.15) is 66.5 Å². The molecule has 3 aliphatic rings. The van der Waals surface area contributed by atoms with Crippen LogP contribution in [-0.2, 0) is 28.4 Å². The Hall–Kier alpha value is -0.740. The van der Waals surface area contributed by atoms with E-state index in [1.165, 1.54) is 14.0 Å². The van der Waals surface area contributed by atoms with Gasteiger partial charge in [-0.3, -0.25) is 5.41 Å². The standard InChI is InChI=1S/C24H44N2O14S/c1-4-5-26-13-21(40-23-19(34)17(32)15(30)10(6-27)37-23)20(11(7-28)38-24(13)41-8-12(25)35-3)39-22-18(33)16(31)14(29)9(2)36-22/h9-11,13-34H,4-8H2,1-3H3/t9?,10?,11?,13?,14-,15+,16?,17?,18?,19?,20-,21?,22+,23+,24+/m1/s1. The summed E-state index contributed by atoms with van der Waals surface area (Å²) in [6, 6.07) is -0.779. The molecule has 15 atom stereocenters. The number of nitrogens with one attached hydrogen (secondary N) is 2. The molecule has 3 rings (SSSR count). The van der Waals surface area contributed by atoms with E-state index in [9.17, 15) is 40.9 Å². The van der Waals surface area contributed by atoms with Crippen molar-refractivity contribution in [3.8, 4) is 0 Å². The number of hydrogen-bond acceptors (Lipinski definition) is 17. The van der Waals surface area contributed by atoms with Gasteiger partial charge in [-0.2, -0.15) is 0 Å². The van der Waals surface area contributed by atoms with E-state index < -0.39 is 104 Å². The molecule has 41 heavy (non-hydrogen) atoms. The van der Waals surface area contributed by atoms with E-state index in [1.807, 2.05) is 6.92 Å². The second-order valence-electron chi connectivity index (χ2n) is 10.2. The van der Waals surface area contributed by atoms with Crippen molar-refractivity contribution >= 4 is 17.7 Å². The summed E-state index contributed by atoms with van der Waals surface area (Å²) in [5.74, 6) is 0.0481. The van der Waals surface area contributed by atoms with Crippen LogP contribution in [0.3, 0.4) is 0 Å². The number of aliphatic hydroxyl groups excluding tert-OH is 8. The minimum atomic E-state index is -1.75. The summed E-state index contributed by atoms with van der Waals surface area (Å²) < 4.78 is 34.5. The lowest BCUT2D eigenvalue weighted by Gasteiger charge is -2.50. The third kappa shape index (κ3) is 8.05.